The van der Waals surface area contributed by atoms with E-state index in [2.05, 4.69) is 12.1 Å². The fourth-order valence-corrected chi connectivity index (χ4v) is 2.34. The minimum Gasteiger partial charge on any atom is -0.488 e. The van der Waals surface area contributed by atoms with Crippen LogP contribution in [0.2, 0.25) is 5.02 Å². The van der Waals surface area contributed by atoms with Crippen LogP contribution in [0.5, 0.6) is 5.75 Å². The standard InChI is InChI=1S/C16H18ClNO/c1-11-7-13(9-18)8-12(2)16(11)19-10-14-5-3-4-6-15(14)17/h3-8H,9-10,18H2,1-2H3. The van der Waals surface area contributed by atoms with Crippen LogP contribution in [-0.2, 0) is 13.2 Å². The highest BCUT2D eigenvalue weighted by molar-refractivity contribution is 6.31. The van der Waals surface area contributed by atoms with E-state index in [0.717, 1.165) is 33.0 Å². The Hall–Kier alpha value is -1.51. The number of aryl methyl sites for hydroxylation is 2. The predicted molar refractivity (Wildman–Crippen MR) is 79.6 cm³/mol. The lowest BCUT2D eigenvalue weighted by Crippen LogP contribution is -2.02. The molecule has 0 fully saturated rings. The van der Waals surface area contributed by atoms with E-state index in [9.17, 15) is 0 Å². The van der Waals surface area contributed by atoms with E-state index in [1.165, 1.54) is 0 Å². The highest BCUT2D eigenvalue weighted by atomic mass is 35.5. The van der Waals surface area contributed by atoms with Crippen LogP contribution in [-0.4, -0.2) is 0 Å². The van der Waals surface area contributed by atoms with Crippen molar-refractivity contribution in [2.75, 3.05) is 0 Å². The molecule has 0 aliphatic rings. The Kier molecular flexibility index (Phi) is 4.46. The van der Waals surface area contributed by atoms with Gasteiger partial charge in [0.1, 0.15) is 12.4 Å². The highest BCUT2D eigenvalue weighted by Crippen LogP contribution is 2.26. The minimum atomic E-state index is 0.476. The molecule has 0 heterocycles. The van der Waals surface area contributed by atoms with E-state index in [0.29, 0.717) is 13.2 Å². The third-order valence-electron chi connectivity index (χ3n) is 3.09. The minimum absolute atomic E-state index is 0.476. The Bertz CT molecular complexity index is 558. The molecule has 3 heteroatoms. The maximum absolute atomic E-state index is 6.12. The average molecular weight is 276 g/mol. The maximum atomic E-state index is 6.12. The highest BCUT2D eigenvalue weighted by Gasteiger charge is 2.07. The number of hydrogen-bond acceptors (Lipinski definition) is 2. The van der Waals surface area contributed by atoms with Crippen LogP contribution in [0.1, 0.15) is 22.3 Å². The fourth-order valence-electron chi connectivity index (χ4n) is 2.15. The molecule has 2 nitrogen and oxygen atoms in total. The Balaban J connectivity index is 2.18. The van der Waals surface area contributed by atoms with Crippen molar-refractivity contribution in [1.82, 2.24) is 0 Å². The molecule has 2 aromatic rings. The van der Waals surface area contributed by atoms with Crippen molar-refractivity contribution >= 4 is 11.6 Å². The van der Waals surface area contributed by atoms with Gasteiger partial charge in [0.25, 0.3) is 0 Å². The number of nitrogens with two attached hydrogens (primary N) is 1. The van der Waals surface area contributed by atoms with Gasteiger partial charge in [-0.3, -0.25) is 0 Å². The smallest absolute Gasteiger partial charge is 0.125 e. The Labute approximate surface area is 119 Å². The Morgan fingerprint density at radius 2 is 1.74 bits per heavy atom. The van der Waals surface area contributed by atoms with E-state index in [1.807, 2.05) is 38.1 Å². The van der Waals surface area contributed by atoms with Gasteiger partial charge in [0.15, 0.2) is 0 Å². The molecule has 0 aromatic heterocycles. The van der Waals surface area contributed by atoms with E-state index < -0.39 is 0 Å². The van der Waals surface area contributed by atoms with Gasteiger partial charge in [-0.15, -0.1) is 0 Å². The van der Waals surface area contributed by atoms with Gasteiger partial charge >= 0.3 is 0 Å². The summed E-state index contributed by atoms with van der Waals surface area (Å²) in [6.45, 7) is 5.10. The van der Waals surface area contributed by atoms with Gasteiger partial charge in [-0.25, -0.2) is 0 Å². The summed E-state index contributed by atoms with van der Waals surface area (Å²) in [6, 6.07) is 11.8. The van der Waals surface area contributed by atoms with Gasteiger partial charge in [-0.1, -0.05) is 41.9 Å². The molecule has 100 valence electrons. The lowest BCUT2D eigenvalue weighted by atomic mass is 10.1. The number of benzene rings is 2. The molecule has 0 unspecified atom stereocenters. The first kappa shape index (κ1) is 13.9. The van der Waals surface area contributed by atoms with Gasteiger partial charge in [0.05, 0.1) is 0 Å². The topological polar surface area (TPSA) is 35.2 Å². The summed E-state index contributed by atoms with van der Waals surface area (Å²) in [5.41, 5.74) is 9.99. The summed E-state index contributed by atoms with van der Waals surface area (Å²) in [7, 11) is 0. The summed E-state index contributed by atoms with van der Waals surface area (Å²) in [6.07, 6.45) is 0. The molecule has 2 N–H and O–H groups in total. The third-order valence-corrected chi connectivity index (χ3v) is 3.45. The normalized spacial score (nSPS) is 10.5. The van der Waals surface area contributed by atoms with E-state index in [-0.39, 0.29) is 0 Å². The Morgan fingerprint density at radius 1 is 1.11 bits per heavy atom. The molecule has 0 saturated carbocycles. The molecule has 0 atom stereocenters. The molecule has 19 heavy (non-hydrogen) atoms. The second-order valence-electron chi connectivity index (χ2n) is 4.64. The summed E-state index contributed by atoms with van der Waals surface area (Å²) in [4.78, 5) is 0. The van der Waals surface area contributed by atoms with Crippen molar-refractivity contribution in [2.24, 2.45) is 5.73 Å². The van der Waals surface area contributed by atoms with Crippen molar-refractivity contribution in [3.05, 3.63) is 63.7 Å². The van der Waals surface area contributed by atoms with Gasteiger partial charge in [-0.05, 0) is 36.6 Å². The third kappa shape index (κ3) is 3.28. The van der Waals surface area contributed by atoms with Crippen molar-refractivity contribution in [2.45, 2.75) is 27.0 Å². The summed E-state index contributed by atoms with van der Waals surface area (Å²) in [5, 5.41) is 0.733. The zero-order valence-electron chi connectivity index (χ0n) is 11.2. The van der Waals surface area contributed by atoms with Crippen LogP contribution in [0.3, 0.4) is 0 Å². The van der Waals surface area contributed by atoms with Crippen LogP contribution in [0, 0.1) is 13.8 Å². The summed E-state index contributed by atoms with van der Waals surface area (Å²) >= 11 is 6.12. The number of rotatable bonds is 4. The summed E-state index contributed by atoms with van der Waals surface area (Å²) in [5.74, 6) is 0.914. The van der Waals surface area contributed by atoms with Crippen LogP contribution < -0.4 is 10.5 Å². The number of ether oxygens (including phenoxy) is 1. The number of halogens is 1. The molecule has 0 bridgehead atoms. The first-order valence-electron chi connectivity index (χ1n) is 6.28. The van der Waals surface area contributed by atoms with E-state index >= 15 is 0 Å². The first-order valence-corrected chi connectivity index (χ1v) is 6.66. The van der Waals surface area contributed by atoms with Crippen molar-refractivity contribution in [3.8, 4) is 5.75 Å². The molecule has 0 spiro atoms. The van der Waals surface area contributed by atoms with E-state index in [1.54, 1.807) is 0 Å². The molecule has 0 aliphatic heterocycles. The lowest BCUT2D eigenvalue weighted by Gasteiger charge is -2.14. The molecular weight excluding hydrogens is 258 g/mol. The monoisotopic (exact) mass is 275 g/mol. The zero-order chi connectivity index (χ0) is 13.8. The lowest BCUT2D eigenvalue weighted by molar-refractivity contribution is 0.302. The maximum Gasteiger partial charge on any atom is 0.125 e. The van der Waals surface area contributed by atoms with Crippen LogP contribution in [0.4, 0.5) is 0 Å². The van der Waals surface area contributed by atoms with Gasteiger partial charge in [0, 0.05) is 17.1 Å². The molecule has 0 saturated heterocycles. The molecule has 2 aromatic carbocycles. The second kappa shape index (κ2) is 6.09. The van der Waals surface area contributed by atoms with Crippen molar-refractivity contribution < 1.29 is 4.74 Å². The van der Waals surface area contributed by atoms with Crippen LogP contribution in [0.25, 0.3) is 0 Å². The SMILES string of the molecule is Cc1cc(CN)cc(C)c1OCc1ccccc1Cl. The molecular formula is C16H18ClNO. The van der Waals surface area contributed by atoms with Gasteiger partial charge in [-0.2, -0.15) is 0 Å². The predicted octanol–water partition coefficient (Wildman–Crippen LogP) is 3.99. The van der Waals surface area contributed by atoms with Crippen molar-refractivity contribution in [3.63, 3.8) is 0 Å². The van der Waals surface area contributed by atoms with Crippen LogP contribution in [0.15, 0.2) is 36.4 Å². The Morgan fingerprint density at radius 3 is 2.32 bits per heavy atom. The quantitative estimate of drug-likeness (QED) is 0.915. The molecule has 0 amide bonds. The average Bonchev–Trinajstić information content (AvgIpc) is 2.39. The fraction of sp³-hybridized carbons (Fsp3) is 0.250. The van der Waals surface area contributed by atoms with Gasteiger partial charge < -0.3 is 10.5 Å². The summed E-state index contributed by atoms with van der Waals surface area (Å²) < 4.78 is 5.91. The molecule has 2 rings (SSSR count). The molecule has 0 aliphatic carbocycles. The second-order valence-corrected chi connectivity index (χ2v) is 5.05. The van der Waals surface area contributed by atoms with Crippen LogP contribution >= 0.6 is 11.6 Å². The number of hydrogen-bond donors (Lipinski definition) is 1. The zero-order valence-corrected chi connectivity index (χ0v) is 12.0. The first-order chi connectivity index (χ1) is 9.11. The molecule has 0 radical (unpaired) electrons. The van der Waals surface area contributed by atoms with Gasteiger partial charge in [0.2, 0.25) is 0 Å². The largest absolute Gasteiger partial charge is 0.488 e. The van der Waals surface area contributed by atoms with E-state index in [4.69, 9.17) is 22.1 Å². The van der Waals surface area contributed by atoms with Crippen molar-refractivity contribution in [1.29, 1.82) is 0 Å².